The Bertz CT molecular complexity index is 640. The highest BCUT2D eigenvalue weighted by molar-refractivity contribution is 5.94. The molecule has 2 aliphatic heterocycles. The van der Waals surface area contributed by atoms with Crippen LogP contribution in [0.25, 0.3) is 0 Å². The first-order valence-corrected chi connectivity index (χ1v) is 9.87. The molecule has 3 fully saturated rings. The summed E-state index contributed by atoms with van der Waals surface area (Å²) in [6.45, 7) is 3.37. The van der Waals surface area contributed by atoms with E-state index in [9.17, 15) is 9.59 Å². The highest BCUT2D eigenvalue weighted by atomic mass is 16.2. The number of carbonyl (C=O) groups is 2. The number of fused-ring (bicyclic) bond motifs is 1. The first kappa shape index (κ1) is 16.6. The third-order valence-electron chi connectivity index (χ3n) is 6.32. The molecule has 1 saturated carbocycles. The van der Waals surface area contributed by atoms with Crippen molar-refractivity contribution in [3.8, 4) is 0 Å². The third kappa shape index (κ3) is 3.58. The Morgan fingerprint density at radius 1 is 0.960 bits per heavy atom. The van der Waals surface area contributed by atoms with Crippen molar-refractivity contribution in [1.82, 2.24) is 9.80 Å². The lowest BCUT2D eigenvalue weighted by Crippen LogP contribution is -2.44. The molecule has 2 amide bonds. The molecule has 3 aliphatic rings. The molecule has 0 bridgehead atoms. The summed E-state index contributed by atoms with van der Waals surface area (Å²) in [5, 5.41) is 0. The maximum Gasteiger partial charge on any atom is 0.253 e. The molecule has 1 aliphatic carbocycles. The molecule has 4 nitrogen and oxygen atoms in total. The molecule has 134 valence electrons. The van der Waals surface area contributed by atoms with E-state index in [2.05, 4.69) is 4.90 Å². The second-order valence-electron chi connectivity index (χ2n) is 7.96. The van der Waals surface area contributed by atoms with Crippen LogP contribution in [-0.2, 0) is 11.3 Å². The molecular formula is C21H28N2O2. The van der Waals surface area contributed by atoms with E-state index >= 15 is 0 Å². The minimum absolute atomic E-state index is 0.174. The Balaban J connectivity index is 1.38. The summed E-state index contributed by atoms with van der Waals surface area (Å²) >= 11 is 0. The van der Waals surface area contributed by atoms with Crippen LogP contribution in [0.4, 0.5) is 0 Å². The van der Waals surface area contributed by atoms with E-state index in [1.165, 1.54) is 32.1 Å². The van der Waals surface area contributed by atoms with Crippen LogP contribution >= 0.6 is 0 Å². The van der Waals surface area contributed by atoms with Crippen molar-refractivity contribution in [2.75, 3.05) is 19.6 Å². The normalized spacial score (nSPS) is 26.6. The van der Waals surface area contributed by atoms with Crippen LogP contribution in [0.2, 0.25) is 0 Å². The molecule has 4 rings (SSSR count). The van der Waals surface area contributed by atoms with E-state index in [1.54, 1.807) is 0 Å². The van der Waals surface area contributed by atoms with Gasteiger partial charge in [0.05, 0.1) is 0 Å². The predicted molar refractivity (Wildman–Crippen MR) is 97.1 cm³/mol. The first-order valence-electron chi connectivity index (χ1n) is 9.87. The molecule has 2 heterocycles. The van der Waals surface area contributed by atoms with Gasteiger partial charge in [0, 0.05) is 38.2 Å². The zero-order valence-corrected chi connectivity index (χ0v) is 15.0. The summed E-state index contributed by atoms with van der Waals surface area (Å²) in [6, 6.07) is 7.88. The molecule has 0 spiro atoms. The van der Waals surface area contributed by atoms with Gasteiger partial charge in [-0.25, -0.2) is 0 Å². The fourth-order valence-electron chi connectivity index (χ4n) is 4.81. The minimum atomic E-state index is 0.174. The lowest BCUT2D eigenvalue weighted by Gasteiger charge is -2.41. The molecule has 0 aromatic heterocycles. The second kappa shape index (κ2) is 7.19. The Labute approximate surface area is 150 Å². The van der Waals surface area contributed by atoms with Crippen molar-refractivity contribution in [3.63, 3.8) is 0 Å². The van der Waals surface area contributed by atoms with Crippen molar-refractivity contribution < 1.29 is 9.59 Å². The zero-order chi connectivity index (χ0) is 17.2. The van der Waals surface area contributed by atoms with Gasteiger partial charge < -0.3 is 9.80 Å². The van der Waals surface area contributed by atoms with E-state index in [-0.39, 0.29) is 11.8 Å². The number of likely N-dealkylation sites (tertiary alicyclic amines) is 2. The van der Waals surface area contributed by atoms with E-state index in [0.717, 1.165) is 43.1 Å². The Hall–Kier alpha value is -1.84. The van der Waals surface area contributed by atoms with Gasteiger partial charge in [0.2, 0.25) is 5.91 Å². The van der Waals surface area contributed by atoms with E-state index in [1.807, 2.05) is 29.2 Å². The molecule has 4 heteroatoms. The van der Waals surface area contributed by atoms with Gasteiger partial charge in [0.25, 0.3) is 5.91 Å². The standard InChI is InChI=1S/C21H28N2O2/c24-20-6-3-12-22(20)14-16-7-9-18(10-8-16)21(25)23-13-11-17-4-1-2-5-19(17)15-23/h7-10,17,19H,1-6,11-15H2/t17-,19-/m0/s1. The number of rotatable bonds is 3. The van der Waals surface area contributed by atoms with Crippen LogP contribution in [0.15, 0.2) is 24.3 Å². The Kier molecular flexibility index (Phi) is 4.78. The van der Waals surface area contributed by atoms with Crippen molar-refractivity contribution >= 4 is 11.8 Å². The van der Waals surface area contributed by atoms with Crippen molar-refractivity contribution in [1.29, 1.82) is 0 Å². The van der Waals surface area contributed by atoms with Gasteiger partial charge in [-0.2, -0.15) is 0 Å². The topological polar surface area (TPSA) is 40.6 Å². The van der Waals surface area contributed by atoms with Gasteiger partial charge in [0.1, 0.15) is 0 Å². The fraction of sp³-hybridized carbons (Fsp3) is 0.619. The number of nitrogens with zero attached hydrogens (tertiary/aromatic N) is 2. The smallest absolute Gasteiger partial charge is 0.253 e. The largest absolute Gasteiger partial charge is 0.338 e. The fourth-order valence-corrected chi connectivity index (χ4v) is 4.81. The molecule has 1 aromatic rings. The van der Waals surface area contributed by atoms with Gasteiger partial charge in [-0.15, -0.1) is 0 Å². The van der Waals surface area contributed by atoms with Crippen molar-refractivity contribution in [2.45, 2.75) is 51.5 Å². The van der Waals surface area contributed by atoms with E-state index in [0.29, 0.717) is 18.9 Å². The van der Waals surface area contributed by atoms with Crippen LogP contribution < -0.4 is 0 Å². The lowest BCUT2D eigenvalue weighted by molar-refractivity contribution is -0.128. The van der Waals surface area contributed by atoms with Crippen molar-refractivity contribution in [3.05, 3.63) is 35.4 Å². The number of hydrogen-bond donors (Lipinski definition) is 0. The summed E-state index contributed by atoms with van der Waals surface area (Å²) in [4.78, 5) is 28.6. The predicted octanol–water partition coefficient (Wildman–Crippen LogP) is 3.46. The molecule has 0 unspecified atom stereocenters. The summed E-state index contributed by atoms with van der Waals surface area (Å²) in [6.07, 6.45) is 8.16. The second-order valence-corrected chi connectivity index (χ2v) is 7.96. The Morgan fingerprint density at radius 2 is 1.72 bits per heavy atom. The number of hydrogen-bond acceptors (Lipinski definition) is 2. The van der Waals surface area contributed by atoms with Crippen LogP contribution in [0.3, 0.4) is 0 Å². The molecule has 0 radical (unpaired) electrons. The highest BCUT2D eigenvalue weighted by Gasteiger charge is 2.33. The molecule has 1 aromatic carbocycles. The van der Waals surface area contributed by atoms with Gasteiger partial charge in [-0.1, -0.05) is 31.4 Å². The molecule has 25 heavy (non-hydrogen) atoms. The molecular weight excluding hydrogens is 312 g/mol. The number of carbonyl (C=O) groups excluding carboxylic acids is 2. The Morgan fingerprint density at radius 3 is 2.44 bits per heavy atom. The maximum absolute atomic E-state index is 12.8. The summed E-state index contributed by atoms with van der Waals surface area (Å²) in [7, 11) is 0. The first-order chi connectivity index (χ1) is 12.2. The maximum atomic E-state index is 12.8. The molecule has 2 saturated heterocycles. The molecule has 2 atom stereocenters. The van der Waals surface area contributed by atoms with Crippen LogP contribution in [0.5, 0.6) is 0 Å². The molecule has 0 N–H and O–H groups in total. The summed E-state index contributed by atoms with van der Waals surface area (Å²) in [5.41, 5.74) is 1.89. The van der Waals surface area contributed by atoms with E-state index < -0.39 is 0 Å². The van der Waals surface area contributed by atoms with E-state index in [4.69, 9.17) is 0 Å². The van der Waals surface area contributed by atoms with Crippen molar-refractivity contribution in [2.24, 2.45) is 11.8 Å². The average molecular weight is 340 g/mol. The lowest BCUT2D eigenvalue weighted by atomic mass is 9.75. The van der Waals surface area contributed by atoms with Gasteiger partial charge in [0.15, 0.2) is 0 Å². The minimum Gasteiger partial charge on any atom is -0.338 e. The van der Waals surface area contributed by atoms with Gasteiger partial charge in [-0.3, -0.25) is 9.59 Å². The van der Waals surface area contributed by atoms with Gasteiger partial charge >= 0.3 is 0 Å². The number of piperidine rings is 1. The monoisotopic (exact) mass is 340 g/mol. The van der Waals surface area contributed by atoms with Gasteiger partial charge in [-0.05, 0) is 48.8 Å². The van der Waals surface area contributed by atoms with Crippen LogP contribution in [0.1, 0.15) is 60.9 Å². The summed E-state index contributed by atoms with van der Waals surface area (Å²) in [5.74, 6) is 1.98. The zero-order valence-electron chi connectivity index (χ0n) is 15.0. The number of benzene rings is 1. The number of amides is 2. The average Bonchev–Trinajstić information content (AvgIpc) is 3.06. The third-order valence-corrected chi connectivity index (χ3v) is 6.32. The van der Waals surface area contributed by atoms with Crippen LogP contribution in [0, 0.1) is 11.8 Å². The van der Waals surface area contributed by atoms with Crippen LogP contribution in [-0.4, -0.2) is 41.2 Å². The summed E-state index contributed by atoms with van der Waals surface area (Å²) < 4.78 is 0. The quantitative estimate of drug-likeness (QED) is 0.845. The SMILES string of the molecule is O=C1CCCN1Cc1ccc(C(=O)N2CC[C@@H]3CCCC[C@H]3C2)cc1. The highest BCUT2D eigenvalue weighted by Crippen LogP contribution is 2.36.